The van der Waals surface area contributed by atoms with Gasteiger partial charge in [-0.15, -0.1) is 0 Å². The molecule has 0 bridgehead atoms. The Morgan fingerprint density at radius 2 is 2.12 bits per heavy atom. The maximum absolute atomic E-state index is 6.22. The third-order valence-corrected chi connectivity index (χ3v) is 3.80. The largest absolute Gasteiger partial charge is 0.314 e. The summed E-state index contributed by atoms with van der Waals surface area (Å²) in [5.74, 6) is 0.723. The minimum absolute atomic E-state index is 0.723. The topological polar surface area (TPSA) is 12.0 Å². The molecule has 1 atom stereocenters. The number of benzene rings is 1. The van der Waals surface area contributed by atoms with E-state index in [1.54, 1.807) is 0 Å². The SMILES string of the molecule is CCCC(CNC1CC1)Cc1ccccc1Cl. The molecule has 0 spiro atoms. The Kier molecular flexibility index (Phi) is 4.87. The average molecular weight is 252 g/mol. The molecule has 0 radical (unpaired) electrons. The molecule has 2 rings (SSSR count). The van der Waals surface area contributed by atoms with Gasteiger partial charge in [0.2, 0.25) is 0 Å². The van der Waals surface area contributed by atoms with Crippen LogP contribution in [0.15, 0.2) is 24.3 Å². The average Bonchev–Trinajstić information content (AvgIpc) is 3.13. The van der Waals surface area contributed by atoms with Crippen LogP contribution in [0.5, 0.6) is 0 Å². The Bertz CT molecular complexity index is 347. The highest BCUT2D eigenvalue weighted by molar-refractivity contribution is 6.31. The van der Waals surface area contributed by atoms with Gasteiger partial charge in [-0.25, -0.2) is 0 Å². The second-order valence-electron chi connectivity index (χ2n) is 5.13. The number of rotatable bonds is 7. The van der Waals surface area contributed by atoms with Crippen molar-refractivity contribution in [2.24, 2.45) is 5.92 Å². The predicted octanol–water partition coefficient (Wildman–Crippen LogP) is 4.05. The van der Waals surface area contributed by atoms with Crippen molar-refractivity contribution in [3.05, 3.63) is 34.9 Å². The van der Waals surface area contributed by atoms with Gasteiger partial charge >= 0.3 is 0 Å². The molecule has 0 amide bonds. The fourth-order valence-corrected chi connectivity index (χ4v) is 2.49. The van der Waals surface area contributed by atoms with Gasteiger partial charge in [0.1, 0.15) is 0 Å². The van der Waals surface area contributed by atoms with Crippen LogP contribution in [0.25, 0.3) is 0 Å². The maximum Gasteiger partial charge on any atom is 0.0438 e. The molecule has 0 aromatic heterocycles. The maximum atomic E-state index is 6.22. The molecule has 1 nitrogen and oxygen atoms in total. The quantitative estimate of drug-likeness (QED) is 0.771. The van der Waals surface area contributed by atoms with Gasteiger partial charge < -0.3 is 5.32 Å². The van der Waals surface area contributed by atoms with Crippen LogP contribution in [0.3, 0.4) is 0 Å². The van der Waals surface area contributed by atoms with E-state index < -0.39 is 0 Å². The van der Waals surface area contributed by atoms with E-state index in [1.807, 2.05) is 12.1 Å². The molecule has 1 aliphatic rings. The van der Waals surface area contributed by atoms with E-state index in [-0.39, 0.29) is 0 Å². The Labute approximate surface area is 110 Å². The zero-order valence-corrected chi connectivity index (χ0v) is 11.3. The lowest BCUT2D eigenvalue weighted by molar-refractivity contribution is 0.437. The van der Waals surface area contributed by atoms with Gasteiger partial charge in [-0.1, -0.05) is 43.1 Å². The Hall–Kier alpha value is -0.530. The highest BCUT2D eigenvalue weighted by Gasteiger charge is 2.21. The van der Waals surface area contributed by atoms with Crippen molar-refractivity contribution in [1.29, 1.82) is 0 Å². The van der Waals surface area contributed by atoms with Crippen molar-refractivity contribution < 1.29 is 0 Å². The number of halogens is 1. The molecule has 1 fully saturated rings. The first kappa shape index (κ1) is 12.9. The van der Waals surface area contributed by atoms with Crippen LogP contribution in [0, 0.1) is 5.92 Å². The molecule has 1 aromatic rings. The summed E-state index contributed by atoms with van der Waals surface area (Å²) >= 11 is 6.22. The first-order chi connectivity index (χ1) is 8.29. The Morgan fingerprint density at radius 3 is 2.76 bits per heavy atom. The third-order valence-electron chi connectivity index (χ3n) is 3.44. The summed E-state index contributed by atoms with van der Waals surface area (Å²) in [6.07, 6.45) is 6.37. The fraction of sp³-hybridized carbons (Fsp3) is 0.600. The smallest absolute Gasteiger partial charge is 0.0438 e. The van der Waals surface area contributed by atoms with Crippen LogP contribution >= 0.6 is 11.6 Å². The summed E-state index contributed by atoms with van der Waals surface area (Å²) < 4.78 is 0. The molecule has 94 valence electrons. The summed E-state index contributed by atoms with van der Waals surface area (Å²) in [5.41, 5.74) is 1.30. The van der Waals surface area contributed by atoms with Crippen molar-refractivity contribution in [2.75, 3.05) is 6.54 Å². The molecule has 0 saturated heterocycles. The summed E-state index contributed by atoms with van der Waals surface area (Å²) in [6.45, 7) is 3.40. The fourth-order valence-electron chi connectivity index (χ4n) is 2.28. The van der Waals surface area contributed by atoms with Crippen LogP contribution in [0.2, 0.25) is 5.02 Å². The summed E-state index contributed by atoms with van der Waals surface area (Å²) in [7, 11) is 0. The molecular formula is C15H22ClN. The van der Waals surface area contributed by atoms with Crippen LogP contribution in [-0.2, 0) is 6.42 Å². The molecule has 1 aromatic carbocycles. The standard InChI is InChI=1S/C15H22ClN/c1-2-5-12(11-17-14-8-9-14)10-13-6-3-4-7-15(13)16/h3-4,6-7,12,14,17H,2,5,8-11H2,1H3. The molecule has 0 heterocycles. The van der Waals surface area contributed by atoms with Gasteiger partial charge in [-0.05, 0) is 49.8 Å². The van der Waals surface area contributed by atoms with E-state index >= 15 is 0 Å². The second-order valence-corrected chi connectivity index (χ2v) is 5.54. The van der Waals surface area contributed by atoms with Crippen LogP contribution in [-0.4, -0.2) is 12.6 Å². The summed E-state index contributed by atoms with van der Waals surface area (Å²) in [5, 5.41) is 4.55. The molecule has 17 heavy (non-hydrogen) atoms. The zero-order valence-electron chi connectivity index (χ0n) is 10.6. The van der Waals surface area contributed by atoms with Crippen molar-refractivity contribution in [3.63, 3.8) is 0 Å². The molecule has 0 aliphatic heterocycles. The van der Waals surface area contributed by atoms with E-state index in [0.717, 1.165) is 29.9 Å². The highest BCUT2D eigenvalue weighted by atomic mass is 35.5. The monoisotopic (exact) mass is 251 g/mol. The minimum atomic E-state index is 0.723. The van der Waals surface area contributed by atoms with E-state index in [4.69, 9.17) is 11.6 Å². The second kappa shape index (κ2) is 6.42. The van der Waals surface area contributed by atoms with Gasteiger partial charge in [0.15, 0.2) is 0 Å². The first-order valence-corrected chi connectivity index (χ1v) is 7.14. The lowest BCUT2D eigenvalue weighted by Crippen LogP contribution is -2.26. The molecule has 1 aliphatic carbocycles. The number of hydrogen-bond acceptors (Lipinski definition) is 1. The van der Waals surface area contributed by atoms with Gasteiger partial charge in [-0.2, -0.15) is 0 Å². The van der Waals surface area contributed by atoms with Gasteiger partial charge in [0, 0.05) is 11.1 Å². The van der Waals surface area contributed by atoms with Crippen LogP contribution in [0.1, 0.15) is 38.2 Å². The molecule has 1 saturated carbocycles. The van der Waals surface area contributed by atoms with Crippen molar-refractivity contribution >= 4 is 11.6 Å². The molecule has 1 unspecified atom stereocenters. The van der Waals surface area contributed by atoms with Gasteiger partial charge in [0.05, 0.1) is 0 Å². The third kappa shape index (κ3) is 4.33. The van der Waals surface area contributed by atoms with Gasteiger partial charge in [0.25, 0.3) is 0 Å². The van der Waals surface area contributed by atoms with Crippen molar-refractivity contribution in [1.82, 2.24) is 5.32 Å². The highest BCUT2D eigenvalue weighted by Crippen LogP contribution is 2.23. The zero-order chi connectivity index (χ0) is 12.1. The van der Waals surface area contributed by atoms with Crippen molar-refractivity contribution in [2.45, 2.75) is 45.1 Å². The normalized spacial score (nSPS) is 17.1. The van der Waals surface area contributed by atoms with E-state index in [1.165, 1.54) is 31.2 Å². The predicted molar refractivity (Wildman–Crippen MR) is 74.6 cm³/mol. The first-order valence-electron chi connectivity index (χ1n) is 6.76. The summed E-state index contributed by atoms with van der Waals surface area (Å²) in [6, 6.07) is 9.04. The Balaban J connectivity index is 1.88. The number of hydrogen-bond donors (Lipinski definition) is 1. The van der Waals surface area contributed by atoms with Crippen LogP contribution in [0.4, 0.5) is 0 Å². The van der Waals surface area contributed by atoms with E-state index in [2.05, 4.69) is 24.4 Å². The molecule has 1 N–H and O–H groups in total. The van der Waals surface area contributed by atoms with E-state index in [9.17, 15) is 0 Å². The van der Waals surface area contributed by atoms with Gasteiger partial charge in [-0.3, -0.25) is 0 Å². The number of nitrogens with one attached hydrogen (secondary N) is 1. The van der Waals surface area contributed by atoms with E-state index in [0.29, 0.717) is 0 Å². The van der Waals surface area contributed by atoms with Crippen molar-refractivity contribution in [3.8, 4) is 0 Å². The Morgan fingerprint density at radius 1 is 1.35 bits per heavy atom. The van der Waals surface area contributed by atoms with Crippen LogP contribution < -0.4 is 5.32 Å². The molecular weight excluding hydrogens is 230 g/mol. The lowest BCUT2D eigenvalue weighted by atomic mass is 9.95. The minimum Gasteiger partial charge on any atom is -0.314 e. The summed E-state index contributed by atoms with van der Waals surface area (Å²) in [4.78, 5) is 0. The lowest BCUT2D eigenvalue weighted by Gasteiger charge is -2.17. The molecule has 2 heteroatoms.